The molecule has 1 heterocycles. The molecule has 1 aromatic rings. The lowest BCUT2D eigenvalue weighted by atomic mass is 10.3. The number of hydrogen-bond donors (Lipinski definition) is 1. The molecule has 1 N–H and O–H groups in total. The number of hydrogen-bond acceptors (Lipinski definition) is 5. The Morgan fingerprint density at radius 1 is 1.47 bits per heavy atom. The molecule has 0 aliphatic carbocycles. The molecule has 0 spiro atoms. The van der Waals surface area contributed by atoms with Crippen LogP contribution in [0.1, 0.15) is 5.69 Å². The minimum absolute atomic E-state index is 0.173. The predicted molar refractivity (Wildman–Crippen MR) is 57.9 cm³/mol. The summed E-state index contributed by atoms with van der Waals surface area (Å²) in [6.45, 7) is -0.305. The summed E-state index contributed by atoms with van der Waals surface area (Å²) in [5.41, 5.74) is -0.873. The van der Waals surface area contributed by atoms with Crippen molar-refractivity contribution in [3.05, 3.63) is 21.1 Å². The first-order chi connectivity index (χ1) is 8.65. The minimum Gasteiger partial charge on any atom is -0.358 e. The lowest BCUT2D eigenvalue weighted by molar-refractivity contribution is -0.385. The van der Waals surface area contributed by atoms with Gasteiger partial charge in [-0.25, -0.2) is 13.8 Å². The Morgan fingerprint density at radius 2 is 2.05 bits per heavy atom. The third-order valence-corrected chi connectivity index (χ3v) is 2.19. The molecule has 0 aliphatic heterocycles. The Balaban J connectivity index is 3.04. The summed E-state index contributed by atoms with van der Waals surface area (Å²) in [7, 11) is 0. The summed E-state index contributed by atoms with van der Waals surface area (Å²) in [6.07, 6.45) is -3.91. The Hall–Kier alpha value is -1.71. The smallest absolute Gasteiger partial charge is 0.332 e. The van der Waals surface area contributed by atoms with E-state index in [1.54, 1.807) is 5.32 Å². The molecule has 19 heavy (non-hydrogen) atoms. The van der Waals surface area contributed by atoms with Crippen molar-refractivity contribution in [1.82, 2.24) is 9.97 Å². The van der Waals surface area contributed by atoms with Gasteiger partial charge in [0.05, 0.1) is 11.5 Å². The molecule has 11 heteroatoms. The van der Waals surface area contributed by atoms with Crippen LogP contribution in [0.15, 0.2) is 0 Å². The molecule has 0 fully saturated rings. The van der Waals surface area contributed by atoms with E-state index in [1.807, 2.05) is 0 Å². The average Bonchev–Trinajstić information content (AvgIpc) is 2.24. The van der Waals surface area contributed by atoms with Crippen molar-refractivity contribution in [2.45, 2.75) is 19.3 Å². The van der Waals surface area contributed by atoms with Crippen LogP contribution in [0.4, 0.5) is 29.1 Å². The Kier molecular flexibility index (Phi) is 4.45. The second-order valence-corrected chi connectivity index (χ2v) is 3.79. The summed E-state index contributed by atoms with van der Waals surface area (Å²) in [6, 6.07) is 0. The van der Waals surface area contributed by atoms with Crippen molar-refractivity contribution in [2.75, 3.05) is 11.9 Å². The van der Waals surface area contributed by atoms with Gasteiger partial charge in [0.2, 0.25) is 11.1 Å². The van der Waals surface area contributed by atoms with Crippen LogP contribution in [0.5, 0.6) is 0 Å². The summed E-state index contributed by atoms with van der Waals surface area (Å²) >= 11 is 5.42. The largest absolute Gasteiger partial charge is 0.358 e. The van der Waals surface area contributed by atoms with E-state index >= 15 is 0 Å². The van der Waals surface area contributed by atoms with Gasteiger partial charge >= 0.3 is 18.0 Å². The SMILES string of the molecule is Cc1nc(Cl)nc(NCC(F)(F)C(F)F)c1[N+](=O)[O-]. The first kappa shape index (κ1) is 15.3. The van der Waals surface area contributed by atoms with Crippen molar-refractivity contribution in [2.24, 2.45) is 0 Å². The van der Waals surface area contributed by atoms with Crippen LogP contribution in [-0.2, 0) is 0 Å². The van der Waals surface area contributed by atoms with E-state index in [-0.39, 0.29) is 5.69 Å². The molecular formula is C8H7ClF4N4O2. The molecule has 0 amide bonds. The lowest BCUT2D eigenvalue weighted by Crippen LogP contribution is -2.35. The molecule has 0 radical (unpaired) electrons. The van der Waals surface area contributed by atoms with Crippen molar-refractivity contribution in [1.29, 1.82) is 0 Å². The van der Waals surface area contributed by atoms with Gasteiger partial charge in [-0.05, 0) is 18.5 Å². The van der Waals surface area contributed by atoms with Crippen molar-refractivity contribution in [3.8, 4) is 0 Å². The maximum Gasteiger partial charge on any atom is 0.332 e. The highest BCUT2D eigenvalue weighted by Crippen LogP contribution is 2.29. The number of rotatable bonds is 5. The zero-order valence-corrected chi connectivity index (χ0v) is 10.1. The number of halogens is 5. The molecule has 0 saturated carbocycles. The van der Waals surface area contributed by atoms with Crippen LogP contribution in [0.2, 0.25) is 5.28 Å². The fourth-order valence-electron chi connectivity index (χ4n) is 1.15. The van der Waals surface area contributed by atoms with Crippen LogP contribution >= 0.6 is 11.6 Å². The van der Waals surface area contributed by atoms with E-state index in [0.29, 0.717) is 0 Å². The molecule has 0 aliphatic rings. The quantitative estimate of drug-likeness (QED) is 0.391. The van der Waals surface area contributed by atoms with Gasteiger partial charge in [0.15, 0.2) is 0 Å². The van der Waals surface area contributed by atoms with E-state index in [4.69, 9.17) is 11.6 Å². The van der Waals surface area contributed by atoms with E-state index in [9.17, 15) is 27.7 Å². The van der Waals surface area contributed by atoms with E-state index in [1.165, 1.54) is 6.92 Å². The number of anilines is 1. The van der Waals surface area contributed by atoms with Gasteiger partial charge < -0.3 is 5.32 Å². The van der Waals surface area contributed by atoms with Crippen molar-refractivity contribution >= 4 is 23.1 Å². The monoisotopic (exact) mass is 302 g/mol. The zero-order chi connectivity index (χ0) is 14.8. The molecule has 106 valence electrons. The first-order valence-electron chi connectivity index (χ1n) is 4.73. The minimum atomic E-state index is -4.35. The number of nitrogens with zero attached hydrogens (tertiary/aromatic N) is 3. The maximum absolute atomic E-state index is 12.7. The molecule has 0 atom stereocenters. The normalized spacial score (nSPS) is 11.7. The Bertz CT molecular complexity index is 500. The number of alkyl halides is 4. The fraction of sp³-hybridized carbons (Fsp3) is 0.500. The lowest BCUT2D eigenvalue weighted by Gasteiger charge is -2.16. The van der Waals surface area contributed by atoms with Crippen LogP contribution in [0.3, 0.4) is 0 Å². The van der Waals surface area contributed by atoms with E-state index in [0.717, 1.165) is 0 Å². The summed E-state index contributed by atoms with van der Waals surface area (Å²) in [5, 5.41) is 12.1. The van der Waals surface area contributed by atoms with Crippen LogP contribution in [0.25, 0.3) is 0 Å². The van der Waals surface area contributed by atoms with Gasteiger partial charge in [-0.3, -0.25) is 10.1 Å². The van der Waals surface area contributed by atoms with Crippen LogP contribution in [-0.4, -0.2) is 33.8 Å². The van der Waals surface area contributed by atoms with E-state index in [2.05, 4.69) is 9.97 Å². The molecule has 6 nitrogen and oxygen atoms in total. The topological polar surface area (TPSA) is 81.0 Å². The molecule has 0 bridgehead atoms. The fourth-order valence-corrected chi connectivity index (χ4v) is 1.36. The molecule has 0 unspecified atom stereocenters. The van der Waals surface area contributed by atoms with Gasteiger partial charge in [-0.1, -0.05) is 0 Å². The molecule has 1 aromatic heterocycles. The average molecular weight is 303 g/mol. The zero-order valence-electron chi connectivity index (χ0n) is 9.33. The number of aryl methyl sites for hydroxylation is 1. The first-order valence-corrected chi connectivity index (χ1v) is 5.11. The highest BCUT2D eigenvalue weighted by Gasteiger charge is 2.41. The van der Waals surface area contributed by atoms with Gasteiger partial charge in [-0.2, -0.15) is 13.8 Å². The summed E-state index contributed by atoms with van der Waals surface area (Å²) < 4.78 is 49.3. The standard InChI is InChI=1S/C8H7ClF4N4O2/c1-3-4(17(18)19)5(16-7(9)15-3)14-2-8(12,13)6(10)11/h6H,2H2,1H3,(H,14,15,16). The van der Waals surface area contributed by atoms with Crippen LogP contribution in [0, 0.1) is 17.0 Å². The van der Waals surface area contributed by atoms with Gasteiger partial charge in [0.25, 0.3) is 0 Å². The summed E-state index contributed by atoms with van der Waals surface area (Å²) in [4.78, 5) is 16.6. The van der Waals surface area contributed by atoms with Gasteiger partial charge in [-0.15, -0.1) is 0 Å². The van der Waals surface area contributed by atoms with Gasteiger partial charge in [0, 0.05) is 0 Å². The molecule has 0 saturated heterocycles. The van der Waals surface area contributed by atoms with Crippen molar-refractivity contribution in [3.63, 3.8) is 0 Å². The van der Waals surface area contributed by atoms with Crippen LogP contribution < -0.4 is 5.32 Å². The van der Waals surface area contributed by atoms with Gasteiger partial charge in [0.1, 0.15) is 5.69 Å². The number of aromatic nitrogens is 2. The highest BCUT2D eigenvalue weighted by molar-refractivity contribution is 6.28. The third-order valence-electron chi connectivity index (χ3n) is 2.02. The molecule has 1 rings (SSSR count). The Labute approximate surface area is 108 Å². The third kappa shape index (κ3) is 3.63. The van der Waals surface area contributed by atoms with E-state index < -0.39 is 40.6 Å². The Morgan fingerprint density at radius 3 is 2.53 bits per heavy atom. The van der Waals surface area contributed by atoms with Crippen molar-refractivity contribution < 1.29 is 22.5 Å². The maximum atomic E-state index is 12.7. The second kappa shape index (κ2) is 5.51. The number of nitrogens with one attached hydrogen (secondary N) is 1. The highest BCUT2D eigenvalue weighted by atomic mass is 35.5. The number of nitro groups is 1. The molecular weight excluding hydrogens is 296 g/mol. The predicted octanol–water partition coefficient (Wildman–Crippen LogP) is 2.66. The second-order valence-electron chi connectivity index (χ2n) is 3.45. The summed E-state index contributed by atoms with van der Waals surface area (Å²) in [5.74, 6) is -4.98. The molecule has 0 aromatic carbocycles.